The lowest BCUT2D eigenvalue weighted by Crippen LogP contribution is -2.65. The van der Waals surface area contributed by atoms with Gasteiger partial charge in [-0.25, -0.2) is 0 Å². The van der Waals surface area contributed by atoms with Gasteiger partial charge in [-0.3, -0.25) is 14.8 Å². The second kappa shape index (κ2) is 11.6. The number of hydrogen-bond acceptors (Lipinski definition) is 8. The number of nitrogens with one attached hydrogen (secondary N) is 1. The van der Waals surface area contributed by atoms with Gasteiger partial charge in [0.15, 0.2) is 0 Å². The summed E-state index contributed by atoms with van der Waals surface area (Å²) in [5.41, 5.74) is 1.98. The van der Waals surface area contributed by atoms with Crippen LogP contribution in [-0.4, -0.2) is 58.6 Å². The zero-order valence-corrected chi connectivity index (χ0v) is 26.3. The summed E-state index contributed by atoms with van der Waals surface area (Å²) in [5.74, 6) is 0.924. The first kappa shape index (κ1) is 30.2. The van der Waals surface area contributed by atoms with Crippen LogP contribution < -0.4 is 5.32 Å². The van der Waals surface area contributed by atoms with E-state index in [1.165, 1.54) is 6.42 Å². The van der Waals surface area contributed by atoms with Crippen LogP contribution in [0.1, 0.15) is 77.3 Å². The summed E-state index contributed by atoms with van der Waals surface area (Å²) in [6, 6.07) is 9.93. The number of oxime groups is 1. The Morgan fingerprint density at radius 2 is 1.91 bits per heavy atom. The van der Waals surface area contributed by atoms with Gasteiger partial charge in [0.2, 0.25) is 5.60 Å². The predicted molar refractivity (Wildman–Crippen MR) is 164 cm³/mol. The summed E-state index contributed by atoms with van der Waals surface area (Å²) in [5, 5.41) is 7.68. The van der Waals surface area contributed by atoms with Gasteiger partial charge in [0.25, 0.3) is 5.91 Å². The molecular formula is C33H45BN4O5. The molecular weight excluding hydrogens is 543 g/mol. The van der Waals surface area contributed by atoms with Crippen molar-refractivity contribution in [3.05, 3.63) is 59.7 Å². The second-order valence-electron chi connectivity index (χ2n) is 14.3. The molecule has 3 aliphatic carbocycles. The number of benzene rings is 1. The van der Waals surface area contributed by atoms with Gasteiger partial charge in [0, 0.05) is 19.0 Å². The second-order valence-corrected chi connectivity index (χ2v) is 14.3. The summed E-state index contributed by atoms with van der Waals surface area (Å²) in [4.78, 5) is 29.0. The minimum absolute atomic E-state index is 0.0483. The van der Waals surface area contributed by atoms with Crippen LogP contribution in [0.4, 0.5) is 0 Å². The average molecular weight is 589 g/mol. The Bertz CT molecular complexity index is 1340. The van der Waals surface area contributed by atoms with E-state index in [-0.39, 0.29) is 35.6 Å². The zero-order chi connectivity index (χ0) is 30.4. The van der Waals surface area contributed by atoms with E-state index in [0.29, 0.717) is 42.9 Å². The molecule has 1 amide bonds. The standard InChI is InChI=1S/C33H45BN4O5/c1-21(2)12-29(34-41-28-14-24-13-27(31(24,4)5)32(28,6)42-34)37-30(39)33(15-23-10-8-7-9-11-23)16-25(38-43-33)19-40-20-26-18-35-22(3)17-36-26/h7-11,17-18,21,24,27-29H,12-16,19-20H2,1-6H3,(H,37,39)/t24-,27-,28+,29-,32-,33?/m0/s1. The lowest BCUT2D eigenvalue weighted by Gasteiger charge is -2.64. The lowest BCUT2D eigenvalue weighted by atomic mass is 9.43. The first-order valence-electron chi connectivity index (χ1n) is 15.8. The molecule has 1 saturated heterocycles. The van der Waals surface area contributed by atoms with Crippen LogP contribution in [0.25, 0.3) is 0 Å². The summed E-state index contributed by atoms with van der Waals surface area (Å²) in [7, 11) is -0.508. The molecule has 1 aromatic heterocycles. The van der Waals surface area contributed by atoms with E-state index in [4.69, 9.17) is 18.9 Å². The van der Waals surface area contributed by atoms with Crippen LogP contribution in [0.5, 0.6) is 0 Å². The third-order valence-electron chi connectivity index (χ3n) is 10.3. The highest BCUT2D eigenvalue weighted by Gasteiger charge is 2.68. The third-order valence-corrected chi connectivity index (χ3v) is 10.3. The van der Waals surface area contributed by atoms with E-state index < -0.39 is 12.7 Å². The minimum Gasteiger partial charge on any atom is -0.404 e. The van der Waals surface area contributed by atoms with E-state index in [1.54, 1.807) is 12.4 Å². The normalized spacial score (nSPS) is 31.2. The van der Waals surface area contributed by atoms with Crippen LogP contribution in [0.15, 0.2) is 47.9 Å². The third kappa shape index (κ3) is 5.86. The van der Waals surface area contributed by atoms with Crippen molar-refractivity contribution in [1.29, 1.82) is 0 Å². The first-order chi connectivity index (χ1) is 20.5. The molecule has 4 fully saturated rings. The lowest BCUT2D eigenvalue weighted by molar-refractivity contribution is -0.199. The summed E-state index contributed by atoms with van der Waals surface area (Å²) < 4.78 is 19.3. The van der Waals surface area contributed by atoms with Crippen molar-refractivity contribution in [2.45, 2.75) is 104 Å². The largest absolute Gasteiger partial charge is 0.481 e. The Labute approximate surface area is 255 Å². The number of ether oxygens (including phenoxy) is 1. The number of hydrogen-bond donors (Lipinski definition) is 1. The average Bonchev–Trinajstić information content (AvgIpc) is 3.55. The minimum atomic E-state index is -1.20. The quantitative estimate of drug-likeness (QED) is 0.374. The molecule has 0 spiro atoms. The Morgan fingerprint density at radius 1 is 1.12 bits per heavy atom. The van der Waals surface area contributed by atoms with Crippen molar-refractivity contribution >= 4 is 18.7 Å². The highest BCUT2D eigenvalue weighted by Crippen LogP contribution is 2.65. The fourth-order valence-electron chi connectivity index (χ4n) is 7.73. The van der Waals surface area contributed by atoms with Crippen molar-refractivity contribution < 1.29 is 23.7 Å². The fraction of sp³-hybridized carbons (Fsp3) is 0.636. The van der Waals surface area contributed by atoms with Gasteiger partial charge in [0.05, 0.1) is 54.2 Å². The summed E-state index contributed by atoms with van der Waals surface area (Å²) in [6.45, 7) is 13.7. The predicted octanol–water partition coefficient (Wildman–Crippen LogP) is 4.86. The summed E-state index contributed by atoms with van der Waals surface area (Å²) >= 11 is 0. The van der Waals surface area contributed by atoms with Gasteiger partial charge in [0.1, 0.15) is 0 Å². The SMILES string of the molecule is Cc1cnc(COCC2=NOC(Cc3ccccc3)(C(=O)N[C@@H](CC(C)C)B3O[C@@H]4C[C@@H]5C[C@@H](C5(C)C)[C@]4(C)O3)C2)cn1. The monoisotopic (exact) mass is 588 g/mol. The maximum atomic E-state index is 14.3. The van der Waals surface area contributed by atoms with Gasteiger partial charge in [-0.15, -0.1) is 0 Å². The van der Waals surface area contributed by atoms with Crippen LogP contribution in [0, 0.1) is 30.1 Å². The molecule has 3 saturated carbocycles. The Hall–Kier alpha value is -2.82. The maximum Gasteiger partial charge on any atom is 0.481 e. The molecule has 5 aliphatic rings. The van der Waals surface area contributed by atoms with Crippen LogP contribution in [0.3, 0.4) is 0 Å². The summed E-state index contributed by atoms with van der Waals surface area (Å²) in [6.07, 6.45) is 7.10. The van der Waals surface area contributed by atoms with E-state index in [2.05, 4.69) is 55.1 Å². The van der Waals surface area contributed by atoms with Crippen molar-refractivity contribution in [3.8, 4) is 0 Å². The van der Waals surface area contributed by atoms with E-state index in [9.17, 15) is 4.79 Å². The molecule has 7 rings (SSSR count). The number of carbonyl (C=O) groups excluding carboxylic acids is 1. The molecule has 1 aromatic carbocycles. The number of rotatable bonds is 11. The van der Waals surface area contributed by atoms with Crippen LogP contribution in [0.2, 0.25) is 0 Å². The van der Waals surface area contributed by atoms with Gasteiger partial charge in [-0.05, 0) is 61.8 Å². The number of aryl methyl sites for hydroxylation is 1. The molecule has 1 unspecified atom stereocenters. The zero-order valence-electron chi connectivity index (χ0n) is 26.3. The van der Waals surface area contributed by atoms with Crippen molar-refractivity contribution in [2.75, 3.05) is 6.61 Å². The maximum absolute atomic E-state index is 14.3. The van der Waals surface area contributed by atoms with Crippen LogP contribution >= 0.6 is 0 Å². The van der Waals surface area contributed by atoms with Gasteiger partial charge in [-0.1, -0.05) is 63.2 Å². The molecule has 2 aliphatic heterocycles. The van der Waals surface area contributed by atoms with Crippen molar-refractivity contribution in [1.82, 2.24) is 15.3 Å². The molecule has 230 valence electrons. The molecule has 2 aromatic rings. The number of amides is 1. The molecule has 9 nitrogen and oxygen atoms in total. The first-order valence-corrected chi connectivity index (χ1v) is 15.8. The number of carbonyl (C=O) groups is 1. The Kier molecular flexibility index (Phi) is 8.15. The number of nitrogens with zero attached hydrogens (tertiary/aromatic N) is 3. The molecule has 10 heteroatoms. The molecule has 43 heavy (non-hydrogen) atoms. The highest BCUT2D eigenvalue weighted by molar-refractivity contribution is 6.48. The van der Waals surface area contributed by atoms with Gasteiger partial charge < -0.3 is 24.2 Å². The Morgan fingerprint density at radius 3 is 2.60 bits per heavy atom. The topological polar surface area (TPSA) is 104 Å². The molecule has 2 bridgehead atoms. The fourth-order valence-corrected chi connectivity index (χ4v) is 7.73. The Balaban J connectivity index is 1.16. The van der Waals surface area contributed by atoms with Gasteiger partial charge >= 0.3 is 7.12 Å². The van der Waals surface area contributed by atoms with Gasteiger partial charge in [-0.2, -0.15) is 0 Å². The highest BCUT2D eigenvalue weighted by atomic mass is 16.7. The number of aromatic nitrogens is 2. The van der Waals surface area contributed by atoms with Crippen molar-refractivity contribution in [3.63, 3.8) is 0 Å². The smallest absolute Gasteiger partial charge is 0.404 e. The van der Waals surface area contributed by atoms with E-state index in [0.717, 1.165) is 29.8 Å². The molecule has 1 N–H and O–H groups in total. The van der Waals surface area contributed by atoms with Crippen molar-refractivity contribution in [2.24, 2.45) is 28.3 Å². The molecule has 6 atom stereocenters. The molecule has 3 heterocycles. The van der Waals surface area contributed by atoms with Crippen LogP contribution in [-0.2, 0) is 36.7 Å². The molecule has 0 radical (unpaired) electrons. The van der Waals surface area contributed by atoms with E-state index >= 15 is 0 Å². The van der Waals surface area contributed by atoms with E-state index in [1.807, 2.05) is 37.3 Å².